The maximum atomic E-state index is 13.7. The van der Waals surface area contributed by atoms with E-state index in [1.165, 1.54) is 7.05 Å². The second-order valence-electron chi connectivity index (χ2n) is 4.42. The number of hydrogen-bond acceptors (Lipinski definition) is 3. The van der Waals surface area contributed by atoms with Gasteiger partial charge in [0.2, 0.25) is 0 Å². The van der Waals surface area contributed by atoms with Crippen LogP contribution in [0.25, 0.3) is 0 Å². The highest BCUT2D eigenvalue weighted by molar-refractivity contribution is 7.92. The van der Waals surface area contributed by atoms with Crippen molar-refractivity contribution in [1.29, 1.82) is 0 Å². The summed E-state index contributed by atoms with van der Waals surface area (Å²) in [4.78, 5) is -0.579. The molecule has 0 saturated heterocycles. The Morgan fingerprint density at radius 1 is 1.14 bits per heavy atom. The highest BCUT2D eigenvalue weighted by Gasteiger charge is 2.25. The zero-order valence-electron chi connectivity index (χ0n) is 11.3. The Bertz CT molecular complexity index is 763. The molecule has 0 amide bonds. The van der Waals surface area contributed by atoms with Gasteiger partial charge in [-0.05, 0) is 29.8 Å². The minimum absolute atomic E-state index is 0.257. The van der Waals surface area contributed by atoms with Gasteiger partial charge in [-0.2, -0.15) is 0 Å². The van der Waals surface area contributed by atoms with E-state index in [0.717, 1.165) is 22.0 Å². The van der Waals surface area contributed by atoms with Crippen molar-refractivity contribution in [2.45, 2.75) is 11.4 Å². The molecule has 4 nitrogen and oxygen atoms in total. The van der Waals surface area contributed by atoms with Crippen LogP contribution in [0.4, 0.5) is 14.5 Å². The molecule has 0 bridgehead atoms. The molecule has 0 saturated carbocycles. The normalized spacial score (nSPS) is 11.4. The summed E-state index contributed by atoms with van der Waals surface area (Å²) in [5.41, 5.74) is 6.60. The molecule has 2 aromatic rings. The molecule has 2 N–H and O–H groups in total. The van der Waals surface area contributed by atoms with E-state index in [1.54, 1.807) is 24.3 Å². The molecular weight excluding hydrogens is 298 g/mol. The van der Waals surface area contributed by atoms with Gasteiger partial charge in [-0.15, -0.1) is 0 Å². The van der Waals surface area contributed by atoms with E-state index in [0.29, 0.717) is 11.8 Å². The van der Waals surface area contributed by atoms with Gasteiger partial charge >= 0.3 is 0 Å². The van der Waals surface area contributed by atoms with Gasteiger partial charge in [-0.1, -0.05) is 12.1 Å². The van der Waals surface area contributed by atoms with Crippen molar-refractivity contribution < 1.29 is 17.2 Å². The van der Waals surface area contributed by atoms with E-state index in [1.807, 2.05) is 0 Å². The summed E-state index contributed by atoms with van der Waals surface area (Å²) in [7, 11) is -2.81. The van der Waals surface area contributed by atoms with Crippen LogP contribution in [0, 0.1) is 11.6 Å². The Balaban J connectivity index is 2.47. The number of anilines is 1. The number of hydrogen-bond donors (Lipinski definition) is 1. The van der Waals surface area contributed by atoms with Gasteiger partial charge in [0.1, 0.15) is 16.5 Å². The topological polar surface area (TPSA) is 63.4 Å². The van der Waals surface area contributed by atoms with Gasteiger partial charge in [-0.3, -0.25) is 4.31 Å². The van der Waals surface area contributed by atoms with Crippen LogP contribution in [-0.2, 0) is 16.6 Å². The SMILES string of the molecule is CN(c1cccc(CN)c1)S(=O)(=O)c1ccc(F)cc1F. The van der Waals surface area contributed by atoms with Gasteiger partial charge in [-0.25, -0.2) is 17.2 Å². The zero-order valence-corrected chi connectivity index (χ0v) is 12.1. The largest absolute Gasteiger partial charge is 0.326 e. The predicted molar refractivity (Wildman–Crippen MR) is 76.3 cm³/mol. The lowest BCUT2D eigenvalue weighted by molar-refractivity contribution is 0.548. The van der Waals surface area contributed by atoms with Crippen LogP contribution >= 0.6 is 0 Å². The fourth-order valence-electron chi connectivity index (χ4n) is 1.85. The minimum atomic E-state index is -4.11. The molecule has 0 spiro atoms. The van der Waals surface area contributed by atoms with Crippen LogP contribution in [0.3, 0.4) is 0 Å². The third kappa shape index (κ3) is 3.03. The van der Waals surface area contributed by atoms with E-state index >= 15 is 0 Å². The summed E-state index contributed by atoms with van der Waals surface area (Å²) in [6.07, 6.45) is 0. The zero-order chi connectivity index (χ0) is 15.6. The number of benzene rings is 2. The highest BCUT2D eigenvalue weighted by atomic mass is 32.2. The third-order valence-electron chi connectivity index (χ3n) is 3.04. The van der Waals surface area contributed by atoms with E-state index in [4.69, 9.17) is 5.73 Å². The fourth-order valence-corrected chi connectivity index (χ4v) is 3.08. The van der Waals surface area contributed by atoms with Gasteiger partial charge in [0, 0.05) is 19.7 Å². The molecule has 0 fully saturated rings. The Kier molecular flexibility index (Phi) is 4.24. The number of sulfonamides is 1. The average Bonchev–Trinajstić information content (AvgIpc) is 2.46. The summed E-state index contributed by atoms with van der Waals surface area (Å²) in [5.74, 6) is -1.96. The number of rotatable bonds is 4. The lowest BCUT2D eigenvalue weighted by Gasteiger charge is -2.20. The number of nitrogens with two attached hydrogens (primary N) is 1. The first-order valence-electron chi connectivity index (χ1n) is 6.09. The minimum Gasteiger partial charge on any atom is -0.326 e. The standard InChI is InChI=1S/C14H14F2N2O2S/c1-18(12-4-2-3-10(7-12)9-17)21(19,20)14-6-5-11(15)8-13(14)16/h2-8H,9,17H2,1H3. The molecule has 0 heterocycles. The molecule has 0 aromatic heterocycles. The molecule has 112 valence electrons. The first-order valence-corrected chi connectivity index (χ1v) is 7.53. The maximum Gasteiger partial charge on any atom is 0.266 e. The molecular formula is C14H14F2N2O2S. The Hall–Kier alpha value is -1.99. The van der Waals surface area contributed by atoms with Crippen molar-refractivity contribution in [2.24, 2.45) is 5.73 Å². The second kappa shape index (κ2) is 5.79. The molecule has 0 aliphatic rings. The van der Waals surface area contributed by atoms with Crippen molar-refractivity contribution in [2.75, 3.05) is 11.4 Å². The third-order valence-corrected chi connectivity index (χ3v) is 4.86. The van der Waals surface area contributed by atoms with Crippen LogP contribution in [0.2, 0.25) is 0 Å². The Morgan fingerprint density at radius 3 is 2.48 bits per heavy atom. The van der Waals surface area contributed by atoms with Gasteiger partial charge in [0.25, 0.3) is 10.0 Å². The Morgan fingerprint density at radius 2 is 1.86 bits per heavy atom. The fraction of sp³-hybridized carbons (Fsp3) is 0.143. The van der Waals surface area contributed by atoms with Gasteiger partial charge < -0.3 is 5.73 Å². The van der Waals surface area contributed by atoms with Crippen LogP contribution < -0.4 is 10.0 Å². The monoisotopic (exact) mass is 312 g/mol. The van der Waals surface area contributed by atoms with Crippen molar-refractivity contribution >= 4 is 15.7 Å². The summed E-state index contributed by atoms with van der Waals surface area (Å²) in [5, 5.41) is 0. The van der Waals surface area contributed by atoms with Crippen LogP contribution in [0.5, 0.6) is 0 Å². The van der Waals surface area contributed by atoms with Gasteiger partial charge in [0.05, 0.1) is 5.69 Å². The lowest BCUT2D eigenvalue weighted by atomic mass is 10.2. The number of halogens is 2. The Labute approximate surface area is 121 Å². The first-order chi connectivity index (χ1) is 9.86. The summed E-state index contributed by atoms with van der Waals surface area (Å²) in [6.45, 7) is 0.257. The quantitative estimate of drug-likeness (QED) is 0.942. The van der Waals surface area contributed by atoms with E-state index in [-0.39, 0.29) is 6.54 Å². The predicted octanol–water partition coefficient (Wildman–Crippen LogP) is 2.25. The molecule has 0 radical (unpaired) electrons. The van der Waals surface area contributed by atoms with Crippen LogP contribution in [0.1, 0.15) is 5.56 Å². The molecule has 7 heteroatoms. The molecule has 0 atom stereocenters. The van der Waals surface area contributed by atoms with Crippen molar-refractivity contribution in [3.63, 3.8) is 0 Å². The molecule has 21 heavy (non-hydrogen) atoms. The lowest BCUT2D eigenvalue weighted by Crippen LogP contribution is -2.27. The smallest absolute Gasteiger partial charge is 0.266 e. The van der Waals surface area contributed by atoms with Crippen LogP contribution in [0.15, 0.2) is 47.4 Å². The summed E-state index contributed by atoms with van der Waals surface area (Å²) >= 11 is 0. The van der Waals surface area contributed by atoms with E-state index in [2.05, 4.69) is 0 Å². The van der Waals surface area contributed by atoms with Gasteiger partial charge in [0.15, 0.2) is 0 Å². The average molecular weight is 312 g/mol. The first kappa shape index (κ1) is 15.4. The molecule has 0 aliphatic carbocycles. The summed E-state index contributed by atoms with van der Waals surface area (Å²) < 4.78 is 52.3. The van der Waals surface area contributed by atoms with Crippen molar-refractivity contribution in [3.05, 3.63) is 59.7 Å². The summed E-state index contributed by atoms with van der Waals surface area (Å²) in [6, 6.07) is 8.92. The maximum absolute atomic E-state index is 13.7. The number of nitrogens with zero attached hydrogens (tertiary/aromatic N) is 1. The van der Waals surface area contributed by atoms with E-state index < -0.39 is 26.6 Å². The molecule has 2 rings (SSSR count). The van der Waals surface area contributed by atoms with E-state index in [9.17, 15) is 17.2 Å². The molecule has 2 aromatic carbocycles. The molecule has 0 unspecified atom stereocenters. The highest BCUT2D eigenvalue weighted by Crippen LogP contribution is 2.25. The van der Waals surface area contributed by atoms with Crippen LogP contribution in [-0.4, -0.2) is 15.5 Å². The second-order valence-corrected chi connectivity index (χ2v) is 6.36. The van der Waals surface area contributed by atoms with Crippen molar-refractivity contribution in [3.8, 4) is 0 Å². The van der Waals surface area contributed by atoms with Crippen molar-refractivity contribution in [1.82, 2.24) is 0 Å². The molecule has 0 aliphatic heterocycles.